The second-order valence-corrected chi connectivity index (χ2v) is 9.02. The maximum atomic E-state index is 13.0. The molecule has 0 aromatic heterocycles. The Kier molecular flexibility index (Phi) is 6.62. The normalized spacial score (nSPS) is 11.0. The molecule has 0 saturated heterocycles. The third-order valence-corrected chi connectivity index (χ3v) is 6.52. The zero-order valence-electron chi connectivity index (χ0n) is 16.5. The maximum Gasteiger partial charge on any atom is 0.338 e. The number of esters is 1. The number of carbonyl (C=O) groups is 2. The van der Waals surface area contributed by atoms with Gasteiger partial charge in [0.25, 0.3) is 10.0 Å². The van der Waals surface area contributed by atoms with Crippen molar-refractivity contribution in [1.82, 2.24) is 0 Å². The van der Waals surface area contributed by atoms with Crippen molar-refractivity contribution in [3.63, 3.8) is 0 Å². The molecule has 2 N–H and O–H groups in total. The summed E-state index contributed by atoms with van der Waals surface area (Å²) in [4.78, 5) is 23.5. The second-order valence-electron chi connectivity index (χ2n) is 6.62. The van der Waals surface area contributed by atoms with E-state index in [0.29, 0.717) is 21.8 Å². The molecule has 0 saturated carbocycles. The zero-order chi connectivity index (χ0) is 22.6. The van der Waals surface area contributed by atoms with Gasteiger partial charge in [-0.3, -0.25) is 9.10 Å². The number of rotatable bonds is 7. The first-order valence-corrected chi connectivity index (χ1v) is 10.9. The lowest BCUT2D eigenvalue weighted by molar-refractivity contribution is 0.0472. The Labute approximate surface area is 185 Å². The van der Waals surface area contributed by atoms with Crippen LogP contribution >= 0.6 is 11.6 Å². The van der Waals surface area contributed by atoms with Gasteiger partial charge in [-0.05, 0) is 54.1 Å². The van der Waals surface area contributed by atoms with Gasteiger partial charge < -0.3 is 10.5 Å². The van der Waals surface area contributed by atoms with Gasteiger partial charge in [0.05, 0.1) is 16.1 Å². The van der Waals surface area contributed by atoms with E-state index in [1.165, 1.54) is 49.5 Å². The minimum absolute atomic E-state index is 0.0444. The first-order valence-electron chi connectivity index (χ1n) is 9.09. The number of carbonyl (C=O) groups excluding carboxylic acids is 2. The van der Waals surface area contributed by atoms with Gasteiger partial charge in [0, 0.05) is 17.6 Å². The molecular formula is C22H19ClN2O5S. The molecule has 0 fully saturated rings. The number of nitrogens with zero attached hydrogens (tertiary/aromatic N) is 1. The summed E-state index contributed by atoms with van der Waals surface area (Å²) in [6.45, 7) is -0.0444. The van der Waals surface area contributed by atoms with Crippen LogP contribution in [0, 0.1) is 0 Å². The van der Waals surface area contributed by atoms with Crippen molar-refractivity contribution in [2.75, 3.05) is 11.4 Å². The second kappa shape index (κ2) is 9.20. The van der Waals surface area contributed by atoms with Crippen LogP contribution in [-0.4, -0.2) is 27.3 Å². The summed E-state index contributed by atoms with van der Waals surface area (Å²) in [6, 6.07) is 18.3. The van der Waals surface area contributed by atoms with Gasteiger partial charge in [-0.25, -0.2) is 13.2 Å². The summed E-state index contributed by atoms with van der Waals surface area (Å²) in [6.07, 6.45) is 0. The predicted molar refractivity (Wildman–Crippen MR) is 118 cm³/mol. The molecule has 0 aliphatic heterocycles. The topological polar surface area (TPSA) is 107 Å². The van der Waals surface area contributed by atoms with E-state index in [9.17, 15) is 18.0 Å². The third kappa shape index (κ3) is 5.22. The molecule has 0 aliphatic rings. The summed E-state index contributed by atoms with van der Waals surface area (Å²) in [5, 5.41) is 0.403. The van der Waals surface area contributed by atoms with Crippen LogP contribution < -0.4 is 10.0 Å². The number of sulfonamides is 1. The van der Waals surface area contributed by atoms with E-state index in [1.54, 1.807) is 30.3 Å². The summed E-state index contributed by atoms with van der Waals surface area (Å²) in [7, 11) is -2.52. The summed E-state index contributed by atoms with van der Waals surface area (Å²) < 4.78 is 32.3. The van der Waals surface area contributed by atoms with Crippen LogP contribution in [0.15, 0.2) is 77.7 Å². The van der Waals surface area contributed by atoms with Crippen molar-refractivity contribution in [3.8, 4) is 0 Å². The van der Waals surface area contributed by atoms with Crippen LogP contribution in [0.5, 0.6) is 0 Å². The van der Waals surface area contributed by atoms with Crippen molar-refractivity contribution >= 4 is 39.2 Å². The SMILES string of the molecule is CN(c1cccc(Cl)c1)S(=O)(=O)c1cccc(C(=O)OCc2ccc(C(N)=O)cc2)c1. The Morgan fingerprint density at radius 3 is 2.29 bits per heavy atom. The van der Waals surface area contributed by atoms with E-state index in [-0.39, 0.29) is 17.1 Å². The van der Waals surface area contributed by atoms with Gasteiger partial charge in [0.1, 0.15) is 6.61 Å². The summed E-state index contributed by atoms with van der Waals surface area (Å²) in [5.41, 5.74) is 6.67. The van der Waals surface area contributed by atoms with Gasteiger partial charge in [-0.15, -0.1) is 0 Å². The van der Waals surface area contributed by atoms with E-state index >= 15 is 0 Å². The van der Waals surface area contributed by atoms with Crippen LogP contribution in [0.25, 0.3) is 0 Å². The fourth-order valence-electron chi connectivity index (χ4n) is 2.75. The van der Waals surface area contributed by atoms with Crippen molar-refractivity contribution < 1.29 is 22.7 Å². The average molecular weight is 459 g/mol. The molecule has 0 atom stereocenters. The Morgan fingerprint density at radius 2 is 1.65 bits per heavy atom. The number of hydrogen-bond acceptors (Lipinski definition) is 5. The summed E-state index contributed by atoms with van der Waals surface area (Å²) in [5.74, 6) is -1.23. The minimum atomic E-state index is -3.92. The fourth-order valence-corrected chi connectivity index (χ4v) is 4.17. The van der Waals surface area contributed by atoms with E-state index in [0.717, 1.165) is 4.31 Å². The predicted octanol–water partition coefficient (Wildman–Crippen LogP) is 3.62. The molecule has 0 bridgehead atoms. The van der Waals surface area contributed by atoms with Gasteiger partial charge in [0.2, 0.25) is 5.91 Å². The number of amides is 1. The molecule has 31 heavy (non-hydrogen) atoms. The molecule has 9 heteroatoms. The van der Waals surface area contributed by atoms with Gasteiger partial charge in [-0.1, -0.05) is 35.9 Å². The van der Waals surface area contributed by atoms with E-state index in [2.05, 4.69) is 0 Å². The number of benzene rings is 3. The van der Waals surface area contributed by atoms with Crippen molar-refractivity contribution in [3.05, 3.63) is 94.5 Å². The molecule has 3 rings (SSSR count). The molecular weight excluding hydrogens is 440 g/mol. The Morgan fingerprint density at radius 1 is 0.968 bits per heavy atom. The molecule has 0 radical (unpaired) electrons. The smallest absolute Gasteiger partial charge is 0.338 e. The Balaban J connectivity index is 1.75. The van der Waals surface area contributed by atoms with E-state index < -0.39 is 21.9 Å². The highest BCUT2D eigenvalue weighted by molar-refractivity contribution is 7.92. The van der Waals surface area contributed by atoms with Crippen molar-refractivity contribution in [1.29, 1.82) is 0 Å². The lowest BCUT2D eigenvalue weighted by Gasteiger charge is -2.20. The Hall–Kier alpha value is -3.36. The molecule has 0 spiro atoms. The standard InChI is InChI=1S/C22H19ClN2O5S/c1-25(19-6-3-5-18(23)13-19)31(28,29)20-7-2-4-17(12-20)22(27)30-14-15-8-10-16(11-9-15)21(24)26/h2-13H,14H2,1H3,(H2,24,26). The highest BCUT2D eigenvalue weighted by Crippen LogP contribution is 2.25. The number of halogens is 1. The number of primary amides is 1. The molecule has 1 amide bonds. The molecule has 160 valence electrons. The van der Waals surface area contributed by atoms with Gasteiger partial charge >= 0.3 is 5.97 Å². The van der Waals surface area contributed by atoms with Gasteiger partial charge in [0.15, 0.2) is 0 Å². The van der Waals surface area contributed by atoms with Gasteiger partial charge in [-0.2, -0.15) is 0 Å². The molecule has 0 heterocycles. The average Bonchev–Trinajstić information content (AvgIpc) is 2.77. The number of nitrogens with two attached hydrogens (primary N) is 1. The number of ether oxygens (including phenoxy) is 1. The Bertz CT molecular complexity index is 1230. The zero-order valence-corrected chi connectivity index (χ0v) is 18.1. The fraction of sp³-hybridized carbons (Fsp3) is 0.0909. The summed E-state index contributed by atoms with van der Waals surface area (Å²) >= 11 is 5.96. The molecule has 7 nitrogen and oxygen atoms in total. The van der Waals surface area contributed by atoms with Crippen LogP contribution in [0.1, 0.15) is 26.3 Å². The quantitative estimate of drug-likeness (QED) is 0.544. The lowest BCUT2D eigenvalue weighted by atomic mass is 10.1. The van der Waals surface area contributed by atoms with Crippen LogP contribution in [0.2, 0.25) is 5.02 Å². The third-order valence-electron chi connectivity index (χ3n) is 4.51. The molecule has 3 aromatic rings. The first-order chi connectivity index (χ1) is 14.7. The first kappa shape index (κ1) is 22.3. The molecule has 0 aliphatic carbocycles. The molecule has 0 unspecified atom stereocenters. The monoisotopic (exact) mass is 458 g/mol. The highest BCUT2D eigenvalue weighted by Gasteiger charge is 2.23. The van der Waals surface area contributed by atoms with E-state index in [1.807, 2.05) is 0 Å². The number of hydrogen-bond donors (Lipinski definition) is 1. The van der Waals surface area contributed by atoms with E-state index in [4.69, 9.17) is 22.1 Å². The van der Waals surface area contributed by atoms with Crippen molar-refractivity contribution in [2.24, 2.45) is 5.73 Å². The maximum absolute atomic E-state index is 13.0. The lowest BCUT2D eigenvalue weighted by Crippen LogP contribution is -2.26. The van der Waals surface area contributed by atoms with Crippen LogP contribution in [0.4, 0.5) is 5.69 Å². The number of anilines is 1. The van der Waals surface area contributed by atoms with Crippen molar-refractivity contribution in [2.45, 2.75) is 11.5 Å². The van der Waals surface area contributed by atoms with Crippen LogP contribution in [0.3, 0.4) is 0 Å². The highest BCUT2D eigenvalue weighted by atomic mass is 35.5. The largest absolute Gasteiger partial charge is 0.457 e. The molecule has 3 aromatic carbocycles. The van der Waals surface area contributed by atoms with Crippen LogP contribution in [-0.2, 0) is 21.4 Å². The minimum Gasteiger partial charge on any atom is -0.457 e.